The van der Waals surface area contributed by atoms with E-state index in [1.165, 1.54) is 11.1 Å². The second kappa shape index (κ2) is 7.66. The minimum absolute atomic E-state index is 0.0598. The van der Waals surface area contributed by atoms with Crippen LogP contribution in [0.4, 0.5) is 11.4 Å². The molecule has 2 aromatic carbocycles. The number of benzene rings is 2. The van der Waals surface area contributed by atoms with Crippen LogP contribution in [0.3, 0.4) is 0 Å². The molecule has 4 heteroatoms. The van der Waals surface area contributed by atoms with Crippen molar-refractivity contribution >= 4 is 23.2 Å². The van der Waals surface area contributed by atoms with E-state index in [1.807, 2.05) is 47.4 Å². The van der Waals surface area contributed by atoms with E-state index >= 15 is 0 Å². The Labute approximate surface area is 173 Å². The third-order valence-corrected chi connectivity index (χ3v) is 6.22. The van der Waals surface area contributed by atoms with E-state index in [2.05, 4.69) is 26.1 Å². The summed E-state index contributed by atoms with van der Waals surface area (Å²) in [5.41, 5.74) is 4.78. The Morgan fingerprint density at radius 3 is 2.34 bits per heavy atom. The first-order valence-electron chi connectivity index (χ1n) is 10.7. The average Bonchev–Trinajstić information content (AvgIpc) is 3.37. The fourth-order valence-electron chi connectivity index (χ4n) is 4.40. The highest BCUT2D eigenvalue weighted by Crippen LogP contribution is 2.35. The molecular weight excluding hydrogens is 360 g/mol. The van der Waals surface area contributed by atoms with Gasteiger partial charge < -0.3 is 10.2 Å². The number of rotatable bonds is 3. The molecule has 0 atom stereocenters. The number of carbonyl (C=O) groups is 2. The van der Waals surface area contributed by atoms with Gasteiger partial charge in [-0.05, 0) is 60.1 Å². The molecule has 0 radical (unpaired) electrons. The third-order valence-electron chi connectivity index (χ3n) is 6.22. The maximum Gasteiger partial charge on any atom is 0.255 e. The smallest absolute Gasteiger partial charge is 0.255 e. The zero-order valence-corrected chi connectivity index (χ0v) is 17.6. The van der Waals surface area contributed by atoms with Gasteiger partial charge in [0.25, 0.3) is 5.91 Å². The maximum absolute atomic E-state index is 12.9. The van der Waals surface area contributed by atoms with Crippen LogP contribution in [0.2, 0.25) is 0 Å². The number of hydrogen-bond acceptors (Lipinski definition) is 2. The van der Waals surface area contributed by atoms with Gasteiger partial charge in [-0.3, -0.25) is 9.59 Å². The Kier molecular flexibility index (Phi) is 5.20. The highest BCUT2D eigenvalue weighted by molar-refractivity contribution is 6.05. The lowest BCUT2D eigenvalue weighted by atomic mass is 9.87. The summed E-state index contributed by atoms with van der Waals surface area (Å²) in [6.07, 6.45) is 5.20. The molecule has 0 spiro atoms. The zero-order valence-electron chi connectivity index (χ0n) is 17.6. The second-order valence-corrected chi connectivity index (χ2v) is 9.35. The SMILES string of the molecule is CC(C)(C)c1ccc(C(=O)Nc2ccc3c(c2)N(C(=O)C2CCCC2)CC3)cc1. The molecule has 1 aliphatic heterocycles. The van der Waals surface area contributed by atoms with Gasteiger partial charge in [0, 0.05) is 29.4 Å². The average molecular weight is 391 g/mol. The fourth-order valence-corrected chi connectivity index (χ4v) is 4.40. The van der Waals surface area contributed by atoms with Crippen molar-refractivity contribution in [3.05, 3.63) is 59.2 Å². The van der Waals surface area contributed by atoms with Gasteiger partial charge >= 0.3 is 0 Å². The third kappa shape index (κ3) is 4.07. The Morgan fingerprint density at radius 2 is 1.69 bits per heavy atom. The van der Waals surface area contributed by atoms with Crippen LogP contribution >= 0.6 is 0 Å². The van der Waals surface area contributed by atoms with E-state index in [4.69, 9.17) is 0 Å². The summed E-state index contributed by atoms with van der Waals surface area (Å²) in [4.78, 5) is 27.6. The van der Waals surface area contributed by atoms with Gasteiger partial charge in [-0.2, -0.15) is 0 Å². The first-order chi connectivity index (χ1) is 13.8. The minimum Gasteiger partial charge on any atom is -0.322 e. The van der Waals surface area contributed by atoms with Crippen molar-refractivity contribution in [1.82, 2.24) is 0 Å². The molecule has 2 aliphatic rings. The van der Waals surface area contributed by atoms with Crippen molar-refractivity contribution in [2.45, 2.75) is 58.3 Å². The molecular formula is C25H30N2O2. The van der Waals surface area contributed by atoms with Crippen LogP contribution in [0, 0.1) is 5.92 Å². The molecule has 1 saturated carbocycles. The quantitative estimate of drug-likeness (QED) is 0.771. The number of hydrogen-bond donors (Lipinski definition) is 1. The lowest BCUT2D eigenvalue weighted by Crippen LogP contribution is -2.33. The molecule has 4 rings (SSSR count). The number of amides is 2. The van der Waals surface area contributed by atoms with E-state index in [-0.39, 0.29) is 23.1 Å². The van der Waals surface area contributed by atoms with Crippen molar-refractivity contribution in [1.29, 1.82) is 0 Å². The molecule has 29 heavy (non-hydrogen) atoms. The summed E-state index contributed by atoms with van der Waals surface area (Å²) in [5, 5.41) is 3.00. The van der Waals surface area contributed by atoms with Crippen LogP contribution in [-0.4, -0.2) is 18.4 Å². The highest BCUT2D eigenvalue weighted by Gasteiger charge is 2.32. The van der Waals surface area contributed by atoms with Crippen molar-refractivity contribution < 1.29 is 9.59 Å². The second-order valence-electron chi connectivity index (χ2n) is 9.35. The van der Waals surface area contributed by atoms with Crippen LogP contribution in [-0.2, 0) is 16.6 Å². The van der Waals surface area contributed by atoms with Crippen molar-refractivity contribution in [2.75, 3.05) is 16.8 Å². The van der Waals surface area contributed by atoms with Crippen LogP contribution in [0.1, 0.15) is 67.9 Å². The fraction of sp³-hybridized carbons (Fsp3) is 0.440. The van der Waals surface area contributed by atoms with Gasteiger partial charge in [0.2, 0.25) is 5.91 Å². The molecule has 1 fully saturated rings. The lowest BCUT2D eigenvalue weighted by Gasteiger charge is -2.22. The summed E-state index contributed by atoms with van der Waals surface area (Å²) in [5.74, 6) is 0.292. The molecule has 0 bridgehead atoms. The molecule has 0 aromatic heterocycles. The van der Waals surface area contributed by atoms with Crippen LogP contribution in [0.15, 0.2) is 42.5 Å². The number of anilines is 2. The zero-order chi connectivity index (χ0) is 20.6. The highest BCUT2D eigenvalue weighted by atomic mass is 16.2. The molecule has 1 N–H and O–H groups in total. The maximum atomic E-state index is 12.9. The Bertz CT molecular complexity index is 919. The summed E-state index contributed by atoms with van der Waals surface area (Å²) < 4.78 is 0. The normalized spacial score (nSPS) is 16.7. The minimum atomic E-state index is -0.128. The van der Waals surface area contributed by atoms with Crippen LogP contribution in [0.25, 0.3) is 0 Å². The van der Waals surface area contributed by atoms with Crippen LogP contribution in [0.5, 0.6) is 0 Å². The number of nitrogens with zero attached hydrogens (tertiary/aromatic N) is 1. The predicted octanol–water partition coefficient (Wildman–Crippen LogP) is 5.32. The monoisotopic (exact) mass is 390 g/mol. The molecule has 2 aromatic rings. The van der Waals surface area contributed by atoms with E-state index in [0.717, 1.165) is 50.0 Å². The van der Waals surface area contributed by atoms with Gasteiger partial charge in [-0.25, -0.2) is 0 Å². The van der Waals surface area contributed by atoms with E-state index in [1.54, 1.807) is 0 Å². The summed E-state index contributed by atoms with van der Waals surface area (Å²) >= 11 is 0. The van der Waals surface area contributed by atoms with Gasteiger partial charge in [-0.15, -0.1) is 0 Å². The topological polar surface area (TPSA) is 49.4 Å². The summed E-state index contributed by atoms with van der Waals surface area (Å²) in [6, 6.07) is 13.7. The van der Waals surface area contributed by atoms with Crippen molar-refractivity contribution in [3.63, 3.8) is 0 Å². The van der Waals surface area contributed by atoms with Gasteiger partial charge in [0.15, 0.2) is 0 Å². The van der Waals surface area contributed by atoms with E-state index in [0.29, 0.717) is 5.56 Å². The molecule has 1 aliphatic carbocycles. The summed E-state index contributed by atoms with van der Waals surface area (Å²) in [7, 11) is 0. The van der Waals surface area contributed by atoms with Crippen molar-refractivity contribution in [2.24, 2.45) is 5.92 Å². The van der Waals surface area contributed by atoms with Crippen molar-refractivity contribution in [3.8, 4) is 0 Å². The molecule has 2 amide bonds. The number of fused-ring (bicyclic) bond motifs is 1. The van der Waals surface area contributed by atoms with Crippen LogP contribution < -0.4 is 10.2 Å². The number of carbonyl (C=O) groups excluding carboxylic acids is 2. The molecule has 152 valence electrons. The Balaban J connectivity index is 1.49. The van der Waals surface area contributed by atoms with Gasteiger partial charge in [0.05, 0.1) is 0 Å². The standard InChI is InChI=1S/C25H30N2O2/c1-25(2,3)20-11-8-18(9-12-20)23(28)26-21-13-10-17-14-15-27(22(17)16-21)24(29)19-6-4-5-7-19/h8-13,16,19H,4-7,14-15H2,1-3H3,(H,26,28). The molecule has 4 nitrogen and oxygen atoms in total. The molecule has 0 saturated heterocycles. The molecule has 1 heterocycles. The predicted molar refractivity (Wildman–Crippen MR) is 118 cm³/mol. The van der Waals surface area contributed by atoms with E-state index in [9.17, 15) is 9.59 Å². The van der Waals surface area contributed by atoms with E-state index < -0.39 is 0 Å². The Hall–Kier alpha value is -2.62. The molecule has 0 unspecified atom stereocenters. The largest absolute Gasteiger partial charge is 0.322 e. The lowest BCUT2D eigenvalue weighted by molar-refractivity contribution is -0.122. The first-order valence-corrected chi connectivity index (χ1v) is 10.7. The first kappa shape index (κ1) is 19.7. The van der Waals surface area contributed by atoms with Gasteiger partial charge in [-0.1, -0.05) is 51.8 Å². The number of nitrogens with one attached hydrogen (secondary N) is 1. The van der Waals surface area contributed by atoms with Gasteiger partial charge in [0.1, 0.15) is 0 Å². The summed E-state index contributed by atoms with van der Waals surface area (Å²) in [6.45, 7) is 7.22. The Morgan fingerprint density at radius 1 is 1.00 bits per heavy atom.